The molecule has 6 nitrogen and oxygen atoms in total. The number of amides is 1. The van der Waals surface area contributed by atoms with E-state index in [4.69, 9.17) is 0 Å². The van der Waals surface area contributed by atoms with E-state index in [1.54, 1.807) is 37.2 Å². The van der Waals surface area contributed by atoms with Crippen LogP contribution in [0.3, 0.4) is 0 Å². The number of nitrogens with zero attached hydrogens (tertiary/aromatic N) is 4. The lowest BCUT2D eigenvalue weighted by molar-refractivity contribution is 0.0822. The molecule has 0 bridgehead atoms. The molecule has 2 heterocycles. The fourth-order valence-corrected chi connectivity index (χ4v) is 1.65. The summed E-state index contributed by atoms with van der Waals surface area (Å²) in [5, 5.41) is 7.35. The molecule has 2 aromatic rings. The minimum absolute atomic E-state index is 0.106. The molecule has 0 atom stereocenters. The summed E-state index contributed by atoms with van der Waals surface area (Å²) in [4.78, 5) is 17.4. The maximum Gasteiger partial charge on any atom is 0.272 e. The molecule has 6 heteroatoms. The number of aryl methyl sites for hydroxylation is 1. The Morgan fingerprint density at radius 2 is 2.26 bits per heavy atom. The van der Waals surface area contributed by atoms with E-state index in [0.717, 1.165) is 11.3 Å². The lowest BCUT2D eigenvalue weighted by Crippen LogP contribution is -2.22. The molecule has 19 heavy (non-hydrogen) atoms. The number of hydrogen-bond donors (Lipinski definition) is 1. The molecule has 100 valence electrons. The first-order valence-electron chi connectivity index (χ1n) is 5.95. The zero-order valence-corrected chi connectivity index (χ0v) is 11.3. The summed E-state index contributed by atoms with van der Waals surface area (Å²) in [5.74, 6) is -0.106. The van der Waals surface area contributed by atoms with E-state index in [2.05, 4.69) is 15.4 Å². The van der Waals surface area contributed by atoms with Crippen molar-refractivity contribution in [2.75, 3.05) is 19.4 Å². The number of nitrogens with one attached hydrogen (secondary N) is 1. The van der Waals surface area contributed by atoms with Crippen molar-refractivity contribution in [1.29, 1.82) is 0 Å². The summed E-state index contributed by atoms with van der Waals surface area (Å²) in [6.07, 6.45) is 5.38. The number of rotatable bonds is 4. The highest BCUT2D eigenvalue weighted by Gasteiger charge is 2.09. The normalized spacial score (nSPS) is 10.3. The van der Waals surface area contributed by atoms with Crippen molar-refractivity contribution in [2.24, 2.45) is 7.05 Å². The van der Waals surface area contributed by atoms with Crippen LogP contribution in [0.2, 0.25) is 0 Å². The lowest BCUT2D eigenvalue weighted by atomic mass is 10.2. The zero-order chi connectivity index (χ0) is 13.8. The predicted octanol–water partition coefficient (Wildman–Crippen LogP) is 1.13. The number of anilines is 1. The van der Waals surface area contributed by atoms with Gasteiger partial charge in [0.05, 0.1) is 6.20 Å². The first kappa shape index (κ1) is 13.1. The van der Waals surface area contributed by atoms with Crippen molar-refractivity contribution < 1.29 is 4.79 Å². The van der Waals surface area contributed by atoms with Gasteiger partial charge in [-0.2, -0.15) is 5.10 Å². The molecule has 0 aliphatic heterocycles. The number of carbonyl (C=O) groups excluding carboxylic acids is 1. The van der Waals surface area contributed by atoms with Crippen LogP contribution in [0.15, 0.2) is 30.7 Å². The van der Waals surface area contributed by atoms with Crippen LogP contribution in [0.5, 0.6) is 0 Å². The Morgan fingerprint density at radius 3 is 2.89 bits per heavy atom. The van der Waals surface area contributed by atoms with Crippen LogP contribution in [0.4, 0.5) is 5.69 Å². The molecular formula is C13H17N5O. The van der Waals surface area contributed by atoms with Gasteiger partial charge in [-0.15, -0.1) is 0 Å². The van der Waals surface area contributed by atoms with Gasteiger partial charge in [0.15, 0.2) is 0 Å². The Balaban J connectivity index is 2.05. The molecule has 0 fully saturated rings. The molecular weight excluding hydrogens is 242 g/mol. The van der Waals surface area contributed by atoms with E-state index >= 15 is 0 Å². The quantitative estimate of drug-likeness (QED) is 0.894. The van der Waals surface area contributed by atoms with E-state index < -0.39 is 0 Å². The fraction of sp³-hybridized carbons (Fsp3) is 0.308. The number of pyridine rings is 1. The average molecular weight is 259 g/mol. The first-order valence-corrected chi connectivity index (χ1v) is 5.95. The summed E-state index contributed by atoms with van der Waals surface area (Å²) in [5.41, 5.74) is 2.38. The molecule has 2 rings (SSSR count). The van der Waals surface area contributed by atoms with E-state index in [-0.39, 0.29) is 5.91 Å². The molecule has 0 radical (unpaired) electrons. The van der Waals surface area contributed by atoms with Crippen LogP contribution in [0.1, 0.15) is 16.1 Å². The highest BCUT2D eigenvalue weighted by Crippen LogP contribution is 2.11. The van der Waals surface area contributed by atoms with Crippen LogP contribution in [0, 0.1) is 0 Å². The van der Waals surface area contributed by atoms with Gasteiger partial charge in [-0.3, -0.25) is 14.5 Å². The van der Waals surface area contributed by atoms with Gasteiger partial charge in [-0.25, -0.2) is 0 Å². The van der Waals surface area contributed by atoms with Crippen molar-refractivity contribution in [1.82, 2.24) is 19.7 Å². The van der Waals surface area contributed by atoms with Gasteiger partial charge in [0.2, 0.25) is 0 Å². The third-order valence-corrected chi connectivity index (χ3v) is 2.64. The summed E-state index contributed by atoms with van der Waals surface area (Å²) in [6, 6.07) is 3.58. The summed E-state index contributed by atoms with van der Waals surface area (Å²) in [6.45, 7) is 0.660. The van der Waals surface area contributed by atoms with Gasteiger partial charge < -0.3 is 10.2 Å². The number of aromatic nitrogens is 3. The standard InChI is InChI=1S/C13H17N5O/c1-17(2)13(19)12-6-11(4-5-14-12)15-7-10-8-16-18(3)9-10/h4-6,8-9H,7H2,1-3H3,(H,14,15). The Morgan fingerprint density at radius 1 is 1.47 bits per heavy atom. The number of hydrogen-bond acceptors (Lipinski definition) is 4. The van der Waals surface area contributed by atoms with Crippen molar-refractivity contribution in [3.05, 3.63) is 42.0 Å². The highest BCUT2D eigenvalue weighted by atomic mass is 16.2. The number of carbonyl (C=O) groups is 1. The average Bonchev–Trinajstić information content (AvgIpc) is 2.81. The van der Waals surface area contributed by atoms with Gasteiger partial charge in [-0.05, 0) is 12.1 Å². The Bertz CT molecular complexity index is 576. The van der Waals surface area contributed by atoms with Gasteiger partial charge in [0.25, 0.3) is 5.91 Å². The first-order chi connectivity index (χ1) is 9.06. The molecule has 0 aliphatic rings. The largest absolute Gasteiger partial charge is 0.381 e. The summed E-state index contributed by atoms with van der Waals surface area (Å²) >= 11 is 0. The van der Waals surface area contributed by atoms with Gasteiger partial charge in [0.1, 0.15) is 5.69 Å². The predicted molar refractivity (Wildman–Crippen MR) is 72.8 cm³/mol. The van der Waals surface area contributed by atoms with Gasteiger partial charge in [0, 0.05) is 51.3 Å². The maximum absolute atomic E-state index is 11.8. The van der Waals surface area contributed by atoms with Crippen LogP contribution in [-0.4, -0.2) is 39.7 Å². The van der Waals surface area contributed by atoms with Crippen LogP contribution >= 0.6 is 0 Å². The maximum atomic E-state index is 11.8. The molecule has 0 saturated heterocycles. The molecule has 0 unspecified atom stereocenters. The Labute approximate surface area is 112 Å². The van der Waals surface area contributed by atoms with Crippen LogP contribution < -0.4 is 5.32 Å². The second kappa shape index (κ2) is 5.51. The Hall–Kier alpha value is -2.37. The smallest absolute Gasteiger partial charge is 0.272 e. The third kappa shape index (κ3) is 3.31. The minimum atomic E-state index is -0.106. The van der Waals surface area contributed by atoms with Gasteiger partial charge in [-0.1, -0.05) is 0 Å². The molecule has 0 spiro atoms. The summed E-state index contributed by atoms with van der Waals surface area (Å²) in [7, 11) is 5.29. The third-order valence-electron chi connectivity index (χ3n) is 2.64. The topological polar surface area (TPSA) is 63.1 Å². The fourth-order valence-electron chi connectivity index (χ4n) is 1.65. The zero-order valence-electron chi connectivity index (χ0n) is 11.3. The van der Waals surface area contributed by atoms with Gasteiger partial charge >= 0.3 is 0 Å². The molecule has 0 aromatic carbocycles. The second-order valence-corrected chi connectivity index (χ2v) is 4.51. The van der Waals surface area contributed by atoms with Crippen molar-refractivity contribution in [3.63, 3.8) is 0 Å². The van der Waals surface area contributed by atoms with E-state index in [1.807, 2.05) is 19.3 Å². The van der Waals surface area contributed by atoms with E-state index in [1.165, 1.54) is 4.90 Å². The van der Waals surface area contributed by atoms with E-state index in [9.17, 15) is 4.79 Å². The molecule has 2 aromatic heterocycles. The summed E-state index contributed by atoms with van der Waals surface area (Å²) < 4.78 is 1.75. The molecule has 1 amide bonds. The molecule has 0 aliphatic carbocycles. The SMILES string of the molecule is CN(C)C(=O)c1cc(NCc2cnn(C)c2)ccn1. The highest BCUT2D eigenvalue weighted by molar-refractivity contribution is 5.92. The van der Waals surface area contributed by atoms with Crippen LogP contribution in [-0.2, 0) is 13.6 Å². The van der Waals surface area contributed by atoms with Crippen molar-refractivity contribution >= 4 is 11.6 Å². The van der Waals surface area contributed by atoms with Crippen molar-refractivity contribution in [3.8, 4) is 0 Å². The van der Waals surface area contributed by atoms with Crippen LogP contribution in [0.25, 0.3) is 0 Å². The monoisotopic (exact) mass is 259 g/mol. The minimum Gasteiger partial charge on any atom is -0.381 e. The van der Waals surface area contributed by atoms with E-state index in [0.29, 0.717) is 12.2 Å². The molecule has 1 N–H and O–H groups in total. The Kier molecular flexibility index (Phi) is 3.79. The second-order valence-electron chi connectivity index (χ2n) is 4.51. The van der Waals surface area contributed by atoms with Crippen molar-refractivity contribution in [2.45, 2.75) is 6.54 Å². The lowest BCUT2D eigenvalue weighted by Gasteiger charge is -2.11. The molecule has 0 saturated carbocycles.